The molecule has 8 heteroatoms. The fourth-order valence-corrected chi connectivity index (χ4v) is 2.22. The maximum atomic E-state index is 12.2. The van der Waals surface area contributed by atoms with Crippen LogP contribution in [0.3, 0.4) is 0 Å². The Morgan fingerprint density at radius 1 is 1.39 bits per heavy atom. The summed E-state index contributed by atoms with van der Waals surface area (Å²) in [6.07, 6.45) is 0.521. The number of carbonyl (C=O) groups excluding carboxylic acids is 2. The minimum absolute atomic E-state index is 0.165. The van der Waals surface area contributed by atoms with E-state index in [2.05, 4.69) is 15.4 Å². The molecule has 1 N–H and O–H groups in total. The van der Waals surface area contributed by atoms with Gasteiger partial charge in [0.25, 0.3) is 5.91 Å². The van der Waals surface area contributed by atoms with E-state index >= 15 is 0 Å². The summed E-state index contributed by atoms with van der Waals surface area (Å²) in [4.78, 5) is 28.2. The summed E-state index contributed by atoms with van der Waals surface area (Å²) >= 11 is 5.87. The fourth-order valence-electron chi connectivity index (χ4n) is 2.06. The molecule has 0 aromatic carbocycles. The number of amides is 1. The zero-order chi connectivity index (χ0) is 17.1. The molecule has 0 unspecified atom stereocenters. The van der Waals surface area contributed by atoms with Crippen molar-refractivity contribution in [3.63, 3.8) is 0 Å². The zero-order valence-electron chi connectivity index (χ0n) is 13.3. The highest BCUT2D eigenvalue weighted by molar-refractivity contribution is 6.32. The first-order chi connectivity index (χ1) is 10.8. The summed E-state index contributed by atoms with van der Waals surface area (Å²) in [6.45, 7) is 4.96. The second-order valence-corrected chi connectivity index (χ2v) is 5.41. The van der Waals surface area contributed by atoms with E-state index < -0.39 is 18.0 Å². The molecule has 2 heterocycles. The van der Waals surface area contributed by atoms with Crippen molar-refractivity contribution in [1.29, 1.82) is 0 Å². The van der Waals surface area contributed by atoms with Crippen LogP contribution in [0.2, 0.25) is 5.15 Å². The molecule has 2 aromatic heterocycles. The van der Waals surface area contributed by atoms with Crippen molar-refractivity contribution in [3.8, 4) is 0 Å². The van der Waals surface area contributed by atoms with Gasteiger partial charge in [0.1, 0.15) is 5.56 Å². The van der Waals surface area contributed by atoms with E-state index in [0.717, 1.165) is 0 Å². The highest BCUT2D eigenvalue weighted by atomic mass is 35.5. The van der Waals surface area contributed by atoms with Crippen molar-refractivity contribution in [2.45, 2.75) is 26.9 Å². The number of carbonyl (C=O) groups is 2. The Bertz CT molecular complexity index is 757. The average Bonchev–Trinajstić information content (AvgIpc) is 2.74. The van der Waals surface area contributed by atoms with Gasteiger partial charge in [-0.1, -0.05) is 11.6 Å². The molecule has 2 aromatic rings. The van der Waals surface area contributed by atoms with Crippen LogP contribution in [-0.4, -0.2) is 32.7 Å². The van der Waals surface area contributed by atoms with Crippen molar-refractivity contribution >= 4 is 29.2 Å². The predicted octanol–water partition coefficient (Wildman–Crippen LogP) is 2.27. The number of aromatic nitrogens is 3. The van der Waals surface area contributed by atoms with Crippen LogP contribution in [0.5, 0.6) is 0 Å². The molecule has 1 amide bonds. The lowest BCUT2D eigenvalue weighted by molar-refractivity contribution is -0.123. The van der Waals surface area contributed by atoms with Gasteiger partial charge in [-0.2, -0.15) is 5.10 Å². The minimum Gasteiger partial charge on any atom is -0.449 e. The van der Waals surface area contributed by atoms with Gasteiger partial charge in [-0.25, -0.2) is 9.78 Å². The Morgan fingerprint density at radius 3 is 2.65 bits per heavy atom. The van der Waals surface area contributed by atoms with E-state index in [0.29, 0.717) is 22.6 Å². The molecule has 1 atom stereocenters. The Kier molecular flexibility index (Phi) is 5.00. The summed E-state index contributed by atoms with van der Waals surface area (Å²) < 4.78 is 6.81. The molecule has 7 nitrogen and oxygen atoms in total. The number of esters is 1. The van der Waals surface area contributed by atoms with Crippen molar-refractivity contribution in [3.05, 3.63) is 40.4 Å². The standard InChI is InChI=1S/C15H17ClN4O3/c1-8-12(9(2)20(4)19-8)15(22)23-10(3)14(21)18-11-6-5-7-17-13(11)16/h5-7,10H,1-4H3,(H,18,21)/t10-/m1/s1. The maximum Gasteiger partial charge on any atom is 0.342 e. The van der Waals surface area contributed by atoms with E-state index in [1.165, 1.54) is 13.1 Å². The third-order valence-corrected chi connectivity index (χ3v) is 3.68. The first kappa shape index (κ1) is 17.0. The molecule has 0 fully saturated rings. The first-order valence-corrected chi connectivity index (χ1v) is 7.31. The number of pyridine rings is 1. The molecular formula is C15H17ClN4O3. The van der Waals surface area contributed by atoms with Crippen molar-refractivity contribution in [1.82, 2.24) is 14.8 Å². The summed E-state index contributed by atoms with van der Waals surface area (Å²) in [5.74, 6) is -1.08. The Hall–Kier alpha value is -2.41. The summed E-state index contributed by atoms with van der Waals surface area (Å²) in [6, 6.07) is 3.25. The largest absolute Gasteiger partial charge is 0.449 e. The summed E-state index contributed by atoms with van der Waals surface area (Å²) in [5.41, 5.74) is 1.95. The minimum atomic E-state index is -0.988. The molecule has 0 aliphatic heterocycles. The van der Waals surface area contributed by atoms with Gasteiger partial charge in [0.15, 0.2) is 11.3 Å². The van der Waals surface area contributed by atoms with Crippen LogP contribution in [0.4, 0.5) is 5.69 Å². The average molecular weight is 337 g/mol. The SMILES string of the molecule is Cc1nn(C)c(C)c1C(=O)O[C@H](C)C(=O)Nc1cccnc1Cl. The van der Waals surface area contributed by atoms with Gasteiger partial charge < -0.3 is 10.1 Å². The number of hydrogen-bond acceptors (Lipinski definition) is 5. The van der Waals surface area contributed by atoms with Crippen LogP contribution in [0, 0.1) is 13.8 Å². The molecule has 0 spiro atoms. The van der Waals surface area contributed by atoms with Crippen LogP contribution in [0.25, 0.3) is 0 Å². The normalized spacial score (nSPS) is 11.9. The number of rotatable bonds is 4. The van der Waals surface area contributed by atoms with Gasteiger partial charge in [0, 0.05) is 18.9 Å². The molecule has 0 aliphatic carbocycles. The summed E-state index contributed by atoms with van der Waals surface area (Å²) in [7, 11) is 1.74. The first-order valence-electron chi connectivity index (χ1n) is 6.93. The Balaban J connectivity index is 2.06. The lowest BCUT2D eigenvalue weighted by atomic mass is 10.2. The van der Waals surface area contributed by atoms with Gasteiger partial charge in [-0.15, -0.1) is 0 Å². The van der Waals surface area contributed by atoms with Crippen LogP contribution in [0.1, 0.15) is 28.7 Å². The van der Waals surface area contributed by atoms with E-state index in [9.17, 15) is 9.59 Å². The van der Waals surface area contributed by atoms with E-state index in [1.54, 1.807) is 37.7 Å². The monoisotopic (exact) mass is 336 g/mol. The maximum absolute atomic E-state index is 12.2. The molecule has 0 radical (unpaired) electrons. The molecule has 0 saturated heterocycles. The third kappa shape index (κ3) is 3.68. The molecule has 0 saturated carbocycles. The van der Waals surface area contributed by atoms with Crippen molar-refractivity contribution in [2.75, 3.05) is 5.32 Å². The van der Waals surface area contributed by atoms with Gasteiger partial charge in [-0.05, 0) is 32.9 Å². The van der Waals surface area contributed by atoms with E-state index in [4.69, 9.17) is 16.3 Å². The molecule has 0 bridgehead atoms. The number of nitrogens with zero attached hydrogens (tertiary/aromatic N) is 3. The second kappa shape index (κ2) is 6.78. The van der Waals surface area contributed by atoms with Crippen LogP contribution in [0.15, 0.2) is 18.3 Å². The van der Waals surface area contributed by atoms with Crippen LogP contribution < -0.4 is 5.32 Å². The fraction of sp³-hybridized carbons (Fsp3) is 0.333. The topological polar surface area (TPSA) is 86.1 Å². The smallest absolute Gasteiger partial charge is 0.342 e. The molecule has 0 aliphatic rings. The van der Waals surface area contributed by atoms with Crippen LogP contribution >= 0.6 is 11.6 Å². The number of halogens is 1. The number of nitrogens with one attached hydrogen (secondary N) is 1. The quantitative estimate of drug-likeness (QED) is 0.683. The van der Waals surface area contributed by atoms with Gasteiger partial charge in [0.2, 0.25) is 0 Å². The predicted molar refractivity (Wildman–Crippen MR) is 85.4 cm³/mol. The molecule has 2 rings (SSSR count). The number of ether oxygens (including phenoxy) is 1. The molecular weight excluding hydrogens is 320 g/mol. The highest BCUT2D eigenvalue weighted by Gasteiger charge is 2.24. The highest BCUT2D eigenvalue weighted by Crippen LogP contribution is 2.18. The lowest BCUT2D eigenvalue weighted by Crippen LogP contribution is -2.30. The van der Waals surface area contributed by atoms with Crippen LogP contribution in [-0.2, 0) is 16.6 Å². The number of hydrogen-bond donors (Lipinski definition) is 1. The van der Waals surface area contributed by atoms with Gasteiger partial charge >= 0.3 is 5.97 Å². The second-order valence-electron chi connectivity index (χ2n) is 5.05. The van der Waals surface area contributed by atoms with Crippen molar-refractivity contribution < 1.29 is 14.3 Å². The molecule has 122 valence electrons. The summed E-state index contributed by atoms with van der Waals surface area (Å²) in [5, 5.41) is 6.89. The third-order valence-electron chi connectivity index (χ3n) is 3.38. The number of anilines is 1. The van der Waals surface area contributed by atoms with E-state index in [-0.39, 0.29) is 5.15 Å². The zero-order valence-corrected chi connectivity index (χ0v) is 14.0. The lowest BCUT2D eigenvalue weighted by Gasteiger charge is -2.14. The van der Waals surface area contributed by atoms with Crippen molar-refractivity contribution in [2.24, 2.45) is 7.05 Å². The Labute approximate surface area is 138 Å². The van der Waals surface area contributed by atoms with Gasteiger partial charge in [0.05, 0.1) is 11.4 Å². The molecule has 23 heavy (non-hydrogen) atoms. The van der Waals surface area contributed by atoms with Gasteiger partial charge in [-0.3, -0.25) is 9.48 Å². The number of aryl methyl sites for hydroxylation is 2. The Morgan fingerprint density at radius 2 is 2.09 bits per heavy atom. The van der Waals surface area contributed by atoms with E-state index in [1.807, 2.05) is 0 Å².